The molecule has 0 spiro atoms. The van der Waals surface area contributed by atoms with Crippen LogP contribution < -0.4 is 5.32 Å². The van der Waals surface area contributed by atoms with E-state index < -0.39 is 12.1 Å². The lowest BCUT2D eigenvalue weighted by Gasteiger charge is -2.20. The summed E-state index contributed by atoms with van der Waals surface area (Å²) >= 11 is 0. The average Bonchev–Trinajstić information content (AvgIpc) is 3.26. The Morgan fingerprint density at radius 2 is 0.770 bits per heavy atom. The molecule has 0 aliphatic heterocycles. The van der Waals surface area contributed by atoms with Crippen LogP contribution in [0, 0.1) is 0 Å². The summed E-state index contributed by atoms with van der Waals surface area (Å²) in [5.74, 6) is -0.0678. The maximum Gasteiger partial charge on any atom is 0.305 e. The molecule has 1 amide bonds. The monoisotopic (exact) mass is 860 g/mol. The van der Waals surface area contributed by atoms with Crippen molar-refractivity contribution in [3.8, 4) is 0 Å². The van der Waals surface area contributed by atoms with Crippen LogP contribution in [0.25, 0.3) is 0 Å². The van der Waals surface area contributed by atoms with E-state index in [1.807, 2.05) is 6.08 Å². The Kier molecular flexibility index (Phi) is 49.6. The summed E-state index contributed by atoms with van der Waals surface area (Å²) in [7, 11) is 0. The molecule has 360 valence electrons. The molecule has 0 fully saturated rings. The van der Waals surface area contributed by atoms with Gasteiger partial charge in [-0.2, -0.15) is 0 Å². The van der Waals surface area contributed by atoms with Crippen LogP contribution in [0.5, 0.6) is 0 Å². The molecule has 2 atom stereocenters. The van der Waals surface area contributed by atoms with E-state index in [1.54, 1.807) is 6.08 Å². The molecule has 0 saturated carbocycles. The second kappa shape index (κ2) is 51.0. The fourth-order valence-corrected chi connectivity index (χ4v) is 8.27. The SMILES string of the molecule is CCCCC/C=C\CCCCCCCC(=O)OCCCCCCCCCCCCCCCCCCCCCCCCC(=O)NC(CO)C(O)/C=C/CCCCCCCCCC. The molecule has 0 bridgehead atoms. The fourth-order valence-electron chi connectivity index (χ4n) is 8.27. The average molecular weight is 860 g/mol. The van der Waals surface area contributed by atoms with Crippen LogP contribution in [0.15, 0.2) is 24.3 Å². The highest BCUT2D eigenvalue weighted by Crippen LogP contribution is 2.17. The molecule has 0 aromatic carbocycles. The Bertz CT molecular complexity index is 951. The van der Waals surface area contributed by atoms with Crippen molar-refractivity contribution >= 4 is 11.9 Å². The molecule has 0 aliphatic carbocycles. The van der Waals surface area contributed by atoms with Crippen LogP contribution in [-0.2, 0) is 14.3 Å². The van der Waals surface area contributed by atoms with E-state index in [4.69, 9.17) is 4.74 Å². The summed E-state index contributed by atoms with van der Waals surface area (Å²) in [6, 6.07) is -0.625. The third-order valence-electron chi connectivity index (χ3n) is 12.5. The van der Waals surface area contributed by atoms with Crippen molar-refractivity contribution in [2.75, 3.05) is 13.2 Å². The quantitative estimate of drug-likeness (QED) is 0.0322. The third-order valence-corrected chi connectivity index (χ3v) is 12.5. The highest BCUT2D eigenvalue weighted by atomic mass is 16.5. The maximum absolute atomic E-state index is 12.4. The Labute approximate surface area is 380 Å². The molecule has 0 saturated heterocycles. The number of allylic oxidation sites excluding steroid dienone is 3. The summed E-state index contributed by atoms with van der Waals surface area (Å²) in [5.41, 5.74) is 0. The number of aliphatic hydroxyl groups excluding tert-OH is 2. The smallest absolute Gasteiger partial charge is 0.305 e. The number of hydrogen-bond acceptors (Lipinski definition) is 5. The number of aliphatic hydroxyl groups is 2. The first-order chi connectivity index (χ1) is 30.0. The normalized spacial score (nSPS) is 12.8. The standard InChI is InChI=1S/C55H105NO5/c1-3-5-7-9-11-13-15-29-33-37-41-45-49-55(60)61-50-46-42-38-34-30-27-25-23-21-19-17-16-18-20-22-24-26-28-32-36-40-44-48-54(59)56-52(51-57)53(58)47-43-39-35-31-14-12-10-8-6-4-2/h11,13,43,47,52-53,57-58H,3-10,12,14-42,44-46,48-51H2,1-2H3,(H,56,59)/b13-11-,47-43+. The van der Waals surface area contributed by atoms with Gasteiger partial charge in [0.25, 0.3) is 0 Å². The van der Waals surface area contributed by atoms with Gasteiger partial charge in [0.2, 0.25) is 5.91 Å². The Morgan fingerprint density at radius 3 is 1.20 bits per heavy atom. The zero-order valence-electron chi connectivity index (χ0n) is 40.9. The zero-order chi connectivity index (χ0) is 44.4. The largest absolute Gasteiger partial charge is 0.466 e. The number of esters is 1. The lowest BCUT2D eigenvalue weighted by atomic mass is 10.0. The molecule has 0 aromatic rings. The van der Waals surface area contributed by atoms with Gasteiger partial charge in [0.05, 0.1) is 25.4 Å². The molecular weight excluding hydrogens is 755 g/mol. The second-order valence-corrected chi connectivity index (χ2v) is 18.6. The van der Waals surface area contributed by atoms with E-state index in [-0.39, 0.29) is 18.5 Å². The summed E-state index contributed by atoms with van der Waals surface area (Å²) in [4.78, 5) is 24.4. The zero-order valence-corrected chi connectivity index (χ0v) is 40.9. The molecule has 3 N–H and O–H groups in total. The van der Waals surface area contributed by atoms with Crippen molar-refractivity contribution in [3.05, 3.63) is 24.3 Å². The molecule has 0 aromatic heterocycles. The van der Waals surface area contributed by atoms with Crippen molar-refractivity contribution in [1.29, 1.82) is 0 Å². The Hall–Kier alpha value is -1.66. The molecule has 0 radical (unpaired) electrons. The number of ether oxygens (including phenoxy) is 1. The van der Waals surface area contributed by atoms with Gasteiger partial charge in [0.1, 0.15) is 0 Å². The molecule has 0 heterocycles. The van der Waals surface area contributed by atoms with Gasteiger partial charge in [0.15, 0.2) is 0 Å². The van der Waals surface area contributed by atoms with Crippen LogP contribution in [0.3, 0.4) is 0 Å². The van der Waals surface area contributed by atoms with Gasteiger partial charge in [-0.1, -0.05) is 244 Å². The highest BCUT2D eigenvalue weighted by Gasteiger charge is 2.18. The van der Waals surface area contributed by atoms with Crippen molar-refractivity contribution in [2.45, 2.75) is 302 Å². The van der Waals surface area contributed by atoms with Crippen LogP contribution >= 0.6 is 0 Å². The summed E-state index contributed by atoms with van der Waals surface area (Å²) in [6.07, 6.45) is 60.5. The first-order valence-corrected chi connectivity index (χ1v) is 27.1. The van der Waals surface area contributed by atoms with Gasteiger partial charge < -0.3 is 20.3 Å². The van der Waals surface area contributed by atoms with Gasteiger partial charge in [-0.3, -0.25) is 9.59 Å². The lowest BCUT2D eigenvalue weighted by Crippen LogP contribution is -2.45. The van der Waals surface area contributed by atoms with Crippen LogP contribution in [-0.4, -0.2) is 47.4 Å². The molecular formula is C55H105NO5. The van der Waals surface area contributed by atoms with E-state index in [1.165, 1.54) is 218 Å². The summed E-state index contributed by atoms with van der Waals surface area (Å²) in [6.45, 7) is 4.86. The fraction of sp³-hybridized carbons (Fsp3) is 0.891. The summed E-state index contributed by atoms with van der Waals surface area (Å²) < 4.78 is 5.46. The van der Waals surface area contributed by atoms with E-state index in [0.29, 0.717) is 19.4 Å². The predicted octanol–water partition coefficient (Wildman–Crippen LogP) is 16.3. The number of hydrogen-bond donors (Lipinski definition) is 3. The Balaban J connectivity index is 3.38. The highest BCUT2D eigenvalue weighted by molar-refractivity contribution is 5.76. The maximum atomic E-state index is 12.4. The van der Waals surface area contributed by atoms with Crippen molar-refractivity contribution in [3.63, 3.8) is 0 Å². The van der Waals surface area contributed by atoms with Crippen molar-refractivity contribution < 1.29 is 24.5 Å². The van der Waals surface area contributed by atoms with E-state index in [0.717, 1.165) is 44.9 Å². The van der Waals surface area contributed by atoms with Gasteiger partial charge in [-0.05, 0) is 57.8 Å². The topological polar surface area (TPSA) is 95.9 Å². The minimum absolute atomic E-state index is 0.00220. The van der Waals surface area contributed by atoms with E-state index in [2.05, 4.69) is 31.3 Å². The first kappa shape index (κ1) is 59.3. The molecule has 6 heteroatoms. The minimum atomic E-state index is -0.842. The summed E-state index contributed by atoms with van der Waals surface area (Å²) in [5, 5.41) is 23.0. The number of carbonyl (C=O) groups excluding carboxylic acids is 2. The third kappa shape index (κ3) is 47.7. The minimum Gasteiger partial charge on any atom is -0.466 e. The molecule has 6 nitrogen and oxygen atoms in total. The number of rotatable bonds is 50. The van der Waals surface area contributed by atoms with E-state index >= 15 is 0 Å². The molecule has 0 aliphatic rings. The van der Waals surface area contributed by atoms with E-state index in [9.17, 15) is 19.8 Å². The van der Waals surface area contributed by atoms with Gasteiger partial charge in [-0.15, -0.1) is 0 Å². The number of amides is 1. The molecule has 2 unspecified atom stereocenters. The Morgan fingerprint density at radius 1 is 0.443 bits per heavy atom. The van der Waals surface area contributed by atoms with Gasteiger partial charge >= 0.3 is 5.97 Å². The van der Waals surface area contributed by atoms with Crippen molar-refractivity contribution in [2.24, 2.45) is 0 Å². The second-order valence-electron chi connectivity index (χ2n) is 18.6. The molecule has 0 rings (SSSR count). The first-order valence-electron chi connectivity index (χ1n) is 27.1. The predicted molar refractivity (Wildman–Crippen MR) is 264 cm³/mol. The van der Waals surface area contributed by atoms with Gasteiger partial charge in [0, 0.05) is 12.8 Å². The molecule has 61 heavy (non-hydrogen) atoms. The lowest BCUT2D eigenvalue weighted by molar-refractivity contribution is -0.143. The van der Waals surface area contributed by atoms with Crippen LogP contribution in [0.4, 0.5) is 0 Å². The van der Waals surface area contributed by atoms with Crippen LogP contribution in [0.2, 0.25) is 0 Å². The number of nitrogens with one attached hydrogen (secondary N) is 1. The van der Waals surface area contributed by atoms with Crippen LogP contribution in [0.1, 0.15) is 290 Å². The number of carbonyl (C=O) groups is 2. The number of unbranched alkanes of at least 4 members (excludes halogenated alkanes) is 37. The van der Waals surface area contributed by atoms with Crippen molar-refractivity contribution in [1.82, 2.24) is 5.32 Å². The van der Waals surface area contributed by atoms with Gasteiger partial charge in [-0.25, -0.2) is 0 Å².